The Labute approximate surface area is 98.1 Å². The highest BCUT2D eigenvalue weighted by Gasteiger charge is 2.67. The molecule has 0 aromatic rings. The zero-order valence-electron chi connectivity index (χ0n) is 10.9. The molecule has 0 saturated heterocycles. The lowest BCUT2D eigenvalue weighted by Crippen LogP contribution is -2.43. The predicted octanol–water partition coefficient (Wildman–Crippen LogP) is 3.46. The molecule has 0 aromatic heterocycles. The Morgan fingerprint density at radius 1 is 1.12 bits per heavy atom. The van der Waals surface area contributed by atoms with Crippen LogP contribution in [0.25, 0.3) is 0 Å². The minimum atomic E-state index is -0.238. The van der Waals surface area contributed by atoms with Gasteiger partial charge in [0.05, 0.1) is 0 Å². The van der Waals surface area contributed by atoms with Crippen LogP contribution < -0.4 is 0 Å². The Kier molecular flexibility index (Phi) is 2.28. The maximum atomic E-state index is 11.8. The van der Waals surface area contributed by atoms with Crippen molar-refractivity contribution in [3.8, 4) is 0 Å². The summed E-state index contributed by atoms with van der Waals surface area (Å²) in [7, 11) is 0. The van der Waals surface area contributed by atoms with E-state index >= 15 is 0 Å². The van der Waals surface area contributed by atoms with Crippen molar-refractivity contribution >= 4 is 5.97 Å². The molecule has 16 heavy (non-hydrogen) atoms. The van der Waals surface area contributed by atoms with Gasteiger partial charge in [-0.15, -0.1) is 0 Å². The van der Waals surface area contributed by atoms with E-state index in [4.69, 9.17) is 4.74 Å². The van der Waals surface area contributed by atoms with Gasteiger partial charge in [-0.3, -0.25) is 0 Å². The Hall–Kier alpha value is -0.790. The molecule has 2 aliphatic carbocycles. The second kappa shape index (κ2) is 3.12. The molecule has 0 N–H and O–H groups in total. The molecular weight excluding hydrogens is 200 g/mol. The quantitative estimate of drug-likeness (QED) is 0.528. The first-order valence-corrected chi connectivity index (χ1v) is 6.13. The Balaban J connectivity index is 2.27. The van der Waals surface area contributed by atoms with Gasteiger partial charge < -0.3 is 4.74 Å². The van der Waals surface area contributed by atoms with E-state index in [0.717, 1.165) is 12.8 Å². The Morgan fingerprint density at radius 2 is 1.62 bits per heavy atom. The van der Waals surface area contributed by atoms with Crippen LogP contribution in [-0.2, 0) is 9.53 Å². The van der Waals surface area contributed by atoms with Gasteiger partial charge in [0.25, 0.3) is 0 Å². The number of carbonyl (C=O) groups excluding carboxylic acids is 1. The number of rotatable bonds is 2. The van der Waals surface area contributed by atoms with E-state index in [1.807, 2.05) is 0 Å². The summed E-state index contributed by atoms with van der Waals surface area (Å²) in [5.41, 5.74) is 0.691. The van der Waals surface area contributed by atoms with Crippen molar-refractivity contribution in [3.05, 3.63) is 12.2 Å². The lowest BCUT2D eigenvalue weighted by Gasteiger charge is -2.40. The normalized spacial score (nSPS) is 39.8. The third-order valence-corrected chi connectivity index (χ3v) is 5.45. The van der Waals surface area contributed by atoms with Gasteiger partial charge in [0, 0.05) is 11.0 Å². The van der Waals surface area contributed by atoms with E-state index in [1.54, 1.807) is 6.92 Å². The second-order valence-electron chi connectivity index (χ2n) is 6.35. The summed E-state index contributed by atoms with van der Waals surface area (Å²) < 4.78 is 5.79. The number of ether oxygens (including phenoxy) is 1. The summed E-state index contributed by atoms with van der Waals surface area (Å²) in [6.45, 7) is 12.2. The summed E-state index contributed by atoms with van der Waals surface area (Å²) in [4.78, 5) is 11.8. The third kappa shape index (κ3) is 1.22. The molecular formula is C14H22O2. The average molecular weight is 222 g/mol. The third-order valence-electron chi connectivity index (χ3n) is 5.45. The van der Waals surface area contributed by atoms with Crippen LogP contribution >= 0.6 is 0 Å². The summed E-state index contributed by atoms with van der Waals surface area (Å²) in [5, 5.41) is 0. The number of fused-ring (bicyclic) bond motifs is 2. The molecule has 2 aliphatic rings. The minimum Gasteiger partial charge on any atom is -0.455 e. The molecule has 0 aliphatic heterocycles. The molecule has 0 unspecified atom stereocenters. The highest BCUT2D eigenvalue weighted by atomic mass is 16.6. The first-order valence-electron chi connectivity index (χ1n) is 6.13. The number of hydrogen-bond donors (Lipinski definition) is 0. The fourth-order valence-electron chi connectivity index (χ4n) is 3.50. The van der Waals surface area contributed by atoms with Crippen molar-refractivity contribution in [1.82, 2.24) is 0 Å². The molecule has 2 nitrogen and oxygen atoms in total. The van der Waals surface area contributed by atoms with Crippen LogP contribution in [-0.4, -0.2) is 11.6 Å². The van der Waals surface area contributed by atoms with Gasteiger partial charge in [-0.1, -0.05) is 27.4 Å². The van der Waals surface area contributed by atoms with Crippen LogP contribution in [0.2, 0.25) is 0 Å². The van der Waals surface area contributed by atoms with E-state index in [2.05, 4.69) is 27.4 Å². The molecule has 90 valence electrons. The van der Waals surface area contributed by atoms with Gasteiger partial charge >= 0.3 is 5.97 Å². The zero-order chi connectivity index (χ0) is 12.2. The molecule has 2 heteroatoms. The maximum absolute atomic E-state index is 11.8. The van der Waals surface area contributed by atoms with Crippen LogP contribution in [0.3, 0.4) is 0 Å². The van der Waals surface area contributed by atoms with E-state index in [0.29, 0.717) is 11.0 Å². The highest BCUT2D eigenvalue weighted by molar-refractivity contribution is 5.87. The van der Waals surface area contributed by atoms with E-state index < -0.39 is 0 Å². The number of esters is 1. The fraction of sp³-hybridized carbons (Fsp3) is 0.786. The van der Waals surface area contributed by atoms with Crippen molar-refractivity contribution < 1.29 is 9.53 Å². The lowest BCUT2D eigenvalue weighted by atomic mass is 9.70. The monoisotopic (exact) mass is 222 g/mol. The van der Waals surface area contributed by atoms with Gasteiger partial charge in [0.15, 0.2) is 0 Å². The van der Waals surface area contributed by atoms with Crippen LogP contribution in [0.4, 0.5) is 0 Å². The minimum absolute atomic E-state index is 0.0884. The smallest absolute Gasteiger partial charge is 0.333 e. The van der Waals surface area contributed by atoms with Crippen molar-refractivity contribution in [2.45, 2.75) is 59.0 Å². The zero-order valence-corrected chi connectivity index (χ0v) is 10.9. The van der Waals surface area contributed by atoms with Crippen LogP contribution in [0.15, 0.2) is 12.2 Å². The molecule has 0 atom stereocenters. The van der Waals surface area contributed by atoms with Crippen molar-refractivity contribution in [1.29, 1.82) is 0 Å². The Morgan fingerprint density at radius 3 is 1.94 bits per heavy atom. The van der Waals surface area contributed by atoms with Crippen LogP contribution in [0.1, 0.15) is 53.4 Å². The number of hydrogen-bond acceptors (Lipinski definition) is 2. The fourth-order valence-corrected chi connectivity index (χ4v) is 3.50. The van der Waals surface area contributed by atoms with E-state index in [9.17, 15) is 4.79 Å². The van der Waals surface area contributed by atoms with Crippen molar-refractivity contribution in [3.63, 3.8) is 0 Å². The van der Waals surface area contributed by atoms with E-state index in [1.165, 1.54) is 12.8 Å². The first kappa shape index (κ1) is 11.7. The molecule has 0 amide bonds. The summed E-state index contributed by atoms with van der Waals surface area (Å²) in [5.74, 6) is -0.223. The molecule has 0 spiro atoms. The van der Waals surface area contributed by atoms with Crippen LogP contribution in [0.5, 0.6) is 0 Å². The second-order valence-corrected chi connectivity index (χ2v) is 6.35. The molecule has 0 radical (unpaired) electrons. The molecule has 2 fully saturated rings. The van der Waals surface area contributed by atoms with Crippen molar-refractivity contribution in [2.24, 2.45) is 10.8 Å². The summed E-state index contributed by atoms with van der Waals surface area (Å²) >= 11 is 0. The van der Waals surface area contributed by atoms with Gasteiger partial charge in [0.1, 0.15) is 5.60 Å². The van der Waals surface area contributed by atoms with Gasteiger partial charge in [0.2, 0.25) is 0 Å². The molecule has 2 rings (SSSR count). The highest BCUT2D eigenvalue weighted by Crippen LogP contribution is 2.69. The van der Waals surface area contributed by atoms with Gasteiger partial charge in [-0.05, 0) is 38.0 Å². The predicted molar refractivity (Wildman–Crippen MR) is 64.0 cm³/mol. The van der Waals surface area contributed by atoms with Gasteiger partial charge in [-0.25, -0.2) is 4.79 Å². The first-order chi connectivity index (χ1) is 7.24. The number of carbonyl (C=O) groups is 1. The average Bonchev–Trinajstić information content (AvgIpc) is 2.49. The molecule has 2 saturated carbocycles. The van der Waals surface area contributed by atoms with E-state index in [-0.39, 0.29) is 17.0 Å². The molecule has 0 aromatic carbocycles. The summed E-state index contributed by atoms with van der Waals surface area (Å²) in [6.07, 6.45) is 4.36. The van der Waals surface area contributed by atoms with Crippen molar-refractivity contribution in [2.75, 3.05) is 0 Å². The lowest BCUT2D eigenvalue weighted by molar-refractivity contribution is -0.164. The Bertz CT molecular complexity index is 344. The molecule has 2 bridgehead atoms. The largest absolute Gasteiger partial charge is 0.455 e. The standard InChI is InChI=1S/C14H22O2/c1-10(2)11(15)16-14-8-6-13(5,7-9-14)12(14,3)4/h1,6-9H2,2-5H3. The maximum Gasteiger partial charge on any atom is 0.333 e. The SMILES string of the molecule is C=C(C)C(=O)OC12CCC(C)(CC1)C2(C)C. The summed E-state index contributed by atoms with van der Waals surface area (Å²) in [6, 6.07) is 0. The van der Waals surface area contributed by atoms with Gasteiger partial charge in [-0.2, -0.15) is 0 Å². The molecule has 0 heterocycles. The topological polar surface area (TPSA) is 26.3 Å². The van der Waals surface area contributed by atoms with Crippen LogP contribution in [0, 0.1) is 10.8 Å².